The molecule has 0 spiro atoms. The molecule has 0 bridgehead atoms. The van der Waals surface area contributed by atoms with Crippen LogP contribution in [-0.4, -0.2) is 53.0 Å². The summed E-state index contributed by atoms with van der Waals surface area (Å²) in [6, 6.07) is 10.2. The van der Waals surface area contributed by atoms with Crippen molar-refractivity contribution in [3.63, 3.8) is 0 Å². The number of rotatable bonds is 7. The average molecular weight is 411 g/mol. The van der Waals surface area contributed by atoms with E-state index in [4.69, 9.17) is 14.7 Å². The molecule has 1 aromatic heterocycles. The first-order chi connectivity index (χ1) is 14.4. The molecule has 0 unspecified atom stereocenters. The highest BCUT2D eigenvalue weighted by molar-refractivity contribution is 5.81. The van der Waals surface area contributed by atoms with Crippen LogP contribution in [-0.2, 0) is 27.3 Å². The minimum Gasteiger partial charge on any atom is -0.466 e. The maximum Gasteiger partial charge on any atom is 0.306 e. The van der Waals surface area contributed by atoms with Crippen molar-refractivity contribution in [1.82, 2.24) is 14.9 Å². The Hall–Kier alpha value is -2.96. The van der Waals surface area contributed by atoms with Crippen LogP contribution in [0.4, 0.5) is 5.82 Å². The fourth-order valence-electron chi connectivity index (χ4n) is 3.46. The van der Waals surface area contributed by atoms with E-state index in [0.29, 0.717) is 31.9 Å². The van der Waals surface area contributed by atoms with Crippen molar-refractivity contribution in [2.24, 2.45) is 0 Å². The van der Waals surface area contributed by atoms with Gasteiger partial charge < -0.3 is 14.5 Å². The molecule has 0 saturated carbocycles. The minimum atomic E-state index is -0.334. The summed E-state index contributed by atoms with van der Waals surface area (Å²) in [5.41, 5.74) is 2.95. The molecule has 1 aliphatic heterocycles. The first kappa shape index (κ1) is 21.7. The van der Waals surface area contributed by atoms with Crippen molar-refractivity contribution >= 4 is 17.7 Å². The first-order valence-corrected chi connectivity index (χ1v) is 10.5. The quantitative estimate of drug-likeness (QED) is 0.653. The minimum absolute atomic E-state index is 0.0426. The van der Waals surface area contributed by atoms with E-state index in [1.807, 2.05) is 37.4 Å². The maximum atomic E-state index is 12.7. The van der Waals surface area contributed by atoms with E-state index in [-0.39, 0.29) is 30.8 Å². The number of amides is 1. The number of carbonyl (C=O) groups is 2. The predicted octanol–water partition coefficient (Wildman–Crippen LogP) is 3.22. The van der Waals surface area contributed by atoms with E-state index in [9.17, 15) is 9.59 Å². The van der Waals surface area contributed by atoms with Crippen molar-refractivity contribution in [2.45, 2.75) is 52.6 Å². The van der Waals surface area contributed by atoms with Crippen LogP contribution in [0.15, 0.2) is 30.3 Å². The van der Waals surface area contributed by atoms with Gasteiger partial charge in [0.25, 0.3) is 0 Å². The SMILES string of the molecule is CCOC(=O)CCC(=O)N1CCc2nc(-c3ccccc3)nc(N(C)C(C)C)c2C1. The molecule has 7 nitrogen and oxygen atoms in total. The largest absolute Gasteiger partial charge is 0.466 e. The Morgan fingerprint density at radius 2 is 1.90 bits per heavy atom. The molecule has 0 fully saturated rings. The molecule has 0 N–H and O–H groups in total. The van der Waals surface area contributed by atoms with Crippen LogP contribution in [0.2, 0.25) is 0 Å². The number of fused-ring (bicyclic) bond motifs is 1. The zero-order valence-corrected chi connectivity index (χ0v) is 18.2. The molecule has 7 heteroatoms. The number of ether oxygens (including phenoxy) is 1. The summed E-state index contributed by atoms with van der Waals surface area (Å²) in [5, 5.41) is 0. The fraction of sp³-hybridized carbons (Fsp3) is 0.478. The Morgan fingerprint density at radius 1 is 1.17 bits per heavy atom. The second kappa shape index (κ2) is 9.69. The number of aromatic nitrogens is 2. The second-order valence-electron chi connectivity index (χ2n) is 7.74. The Balaban J connectivity index is 1.87. The average Bonchev–Trinajstić information content (AvgIpc) is 2.76. The molecular formula is C23H30N4O3. The highest BCUT2D eigenvalue weighted by Gasteiger charge is 2.27. The molecule has 3 rings (SSSR count). The number of hydrogen-bond donors (Lipinski definition) is 0. The van der Waals surface area contributed by atoms with Gasteiger partial charge in [0.2, 0.25) is 5.91 Å². The van der Waals surface area contributed by atoms with Gasteiger partial charge in [0, 0.05) is 43.6 Å². The number of esters is 1. The molecule has 2 heterocycles. The second-order valence-corrected chi connectivity index (χ2v) is 7.74. The van der Waals surface area contributed by atoms with Crippen molar-refractivity contribution in [3.8, 4) is 11.4 Å². The van der Waals surface area contributed by atoms with Gasteiger partial charge in [0.1, 0.15) is 5.82 Å². The Labute approximate surface area is 178 Å². The van der Waals surface area contributed by atoms with Gasteiger partial charge in [-0.05, 0) is 20.8 Å². The van der Waals surface area contributed by atoms with Crippen LogP contribution in [0.3, 0.4) is 0 Å². The van der Waals surface area contributed by atoms with Gasteiger partial charge in [-0.1, -0.05) is 30.3 Å². The highest BCUT2D eigenvalue weighted by Crippen LogP contribution is 2.30. The molecular weight excluding hydrogens is 380 g/mol. The van der Waals surface area contributed by atoms with E-state index < -0.39 is 0 Å². The van der Waals surface area contributed by atoms with E-state index in [0.717, 1.165) is 22.6 Å². The van der Waals surface area contributed by atoms with Gasteiger partial charge in [0.15, 0.2) is 5.82 Å². The normalized spacial score (nSPS) is 13.2. The van der Waals surface area contributed by atoms with Crippen LogP contribution < -0.4 is 4.90 Å². The lowest BCUT2D eigenvalue weighted by atomic mass is 10.0. The number of carbonyl (C=O) groups excluding carboxylic acids is 2. The van der Waals surface area contributed by atoms with Gasteiger partial charge >= 0.3 is 5.97 Å². The lowest BCUT2D eigenvalue weighted by molar-refractivity contribution is -0.145. The van der Waals surface area contributed by atoms with E-state index in [1.165, 1.54) is 0 Å². The molecule has 2 aromatic rings. The van der Waals surface area contributed by atoms with Crippen LogP contribution >= 0.6 is 0 Å². The summed E-state index contributed by atoms with van der Waals surface area (Å²) in [4.78, 5) is 37.9. The van der Waals surface area contributed by atoms with E-state index in [2.05, 4.69) is 18.7 Å². The summed E-state index contributed by atoms with van der Waals surface area (Å²) in [6.45, 7) is 7.36. The van der Waals surface area contributed by atoms with Crippen LogP contribution in [0.1, 0.15) is 44.9 Å². The zero-order chi connectivity index (χ0) is 21.7. The third-order valence-corrected chi connectivity index (χ3v) is 5.38. The summed E-state index contributed by atoms with van der Waals surface area (Å²) in [7, 11) is 2.02. The molecule has 30 heavy (non-hydrogen) atoms. The molecule has 0 saturated heterocycles. The summed E-state index contributed by atoms with van der Waals surface area (Å²) >= 11 is 0. The Bertz CT molecular complexity index is 899. The first-order valence-electron chi connectivity index (χ1n) is 10.5. The number of hydrogen-bond acceptors (Lipinski definition) is 6. The fourth-order valence-corrected chi connectivity index (χ4v) is 3.46. The third kappa shape index (κ3) is 4.96. The molecule has 0 atom stereocenters. The van der Waals surface area contributed by atoms with Crippen LogP contribution in [0.5, 0.6) is 0 Å². The van der Waals surface area contributed by atoms with Gasteiger partial charge in [-0.15, -0.1) is 0 Å². The lowest BCUT2D eigenvalue weighted by Crippen LogP contribution is -2.38. The molecule has 1 amide bonds. The number of nitrogens with zero attached hydrogens (tertiary/aromatic N) is 4. The number of anilines is 1. The zero-order valence-electron chi connectivity index (χ0n) is 18.2. The van der Waals surface area contributed by atoms with Crippen molar-refractivity contribution in [3.05, 3.63) is 41.6 Å². The summed E-state index contributed by atoms with van der Waals surface area (Å²) < 4.78 is 4.93. The Kier molecular flexibility index (Phi) is 7.03. The Morgan fingerprint density at radius 3 is 2.57 bits per heavy atom. The smallest absolute Gasteiger partial charge is 0.306 e. The van der Waals surface area contributed by atoms with Crippen LogP contribution in [0, 0.1) is 0 Å². The summed E-state index contributed by atoms with van der Waals surface area (Å²) in [5.74, 6) is 1.19. The highest BCUT2D eigenvalue weighted by atomic mass is 16.5. The van der Waals surface area contributed by atoms with Gasteiger partial charge in [-0.3, -0.25) is 9.59 Å². The van der Waals surface area contributed by atoms with Gasteiger partial charge in [-0.25, -0.2) is 9.97 Å². The number of benzene rings is 1. The van der Waals surface area contributed by atoms with E-state index in [1.54, 1.807) is 11.8 Å². The predicted molar refractivity (Wildman–Crippen MR) is 116 cm³/mol. The van der Waals surface area contributed by atoms with Crippen LogP contribution in [0.25, 0.3) is 11.4 Å². The third-order valence-electron chi connectivity index (χ3n) is 5.38. The summed E-state index contributed by atoms with van der Waals surface area (Å²) in [6.07, 6.45) is 0.937. The van der Waals surface area contributed by atoms with Gasteiger partial charge in [-0.2, -0.15) is 0 Å². The van der Waals surface area contributed by atoms with Crippen molar-refractivity contribution < 1.29 is 14.3 Å². The maximum absolute atomic E-state index is 12.7. The lowest BCUT2D eigenvalue weighted by Gasteiger charge is -2.33. The van der Waals surface area contributed by atoms with Crippen molar-refractivity contribution in [2.75, 3.05) is 25.1 Å². The van der Waals surface area contributed by atoms with E-state index >= 15 is 0 Å². The monoisotopic (exact) mass is 410 g/mol. The molecule has 0 aliphatic carbocycles. The standard InChI is InChI=1S/C23H30N4O3/c1-5-30-21(29)12-11-20(28)27-14-13-19-18(15-27)23(26(4)16(2)3)25-22(24-19)17-9-7-6-8-10-17/h6-10,16H,5,11-15H2,1-4H3. The molecule has 0 radical (unpaired) electrons. The van der Waals surface area contributed by atoms with Gasteiger partial charge in [0.05, 0.1) is 25.3 Å². The molecule has 160 valence electrons. The molecule has 1 aliphatic rings. The van der Waals surface area contributed by atoms with Crippen molar-refractivity contribution in [1.29, 1.82) is 0 Å². The topological polar surface area (TPSA) is 75.6 Å². The molecule has 1 aromatic carbocycles.